The van der Waals surface area contributed by atoms with Gasteiger partial charge in [-0.15, -0.1) is 0 Å². The van der Waals surface area contributed by atoms with Gasteiger partial charge in [0.1, 0.15) is 60.3 Å². The Hall–Kier alpha value is -2.36. The lowest BCUT2D eigenvalue weighted by atomic mass is 9.98. The van der Waals surface area contributed by atoms with E-state index in [0.29, 0.717) is 24.0 Å². The molecule has 0 unspecified atom stereocenters. The number of benzene rings is 2. The van der Waals surface area contributed by atoms with Crippen molar-refractivity contribution in [1.82, 2.24) is 0 Å². The third-order valence-electron chi connectivity index (χ3n) is 7.14. The smallest absolute Gasteiger partial charge is 0.229 e. The molecular weight excluding hydrogens is 516 g/mol. The summed E-state index contributed by atoms with van der Waals surface area (Å²) in [6.45, 7) is 0.406. The van der Waals surface area contributed by atoms with Gasteiger partial charge in [0.15, 0.2) is 0 Å². The molecule has 12 nitrogen and oxygen atoms in total. The van der Waals surface area contributed by atoms with E-state index in [1.54, 1.807) is 19.1 Å². The molecule has 2 saturated heterocycles. The second-order valence-corrected chi connectivity index (χ2v) is 9.79. The molecule has 0 amide bonds. The highest BCUT2D eigenvalue weighted by atomic mass is 16.7. The largest absolute Gasteiger partial charge is 0.462 e. The van der Waals surface area contributed by atoms with E-state index >= 15 is 0 Å². The van der Waals surface area contributed by atoms with E-state index in [-0.39, 0.29) is 11.5 Å². The molecule has 2 aliphatic rings. The maximum Gasteiger partial charge on any atom is 0.229 e. The minimum atomic E-state index is -1.64. The summed E-state index contributed by atoms with van der Waals surface area (Å²) < 4.78 is 22.9. The maximum atomic E-state index is 10.5. The normalized spacial score (nSPS) is 35.0. The number of aryl methyl sites for hydroxylation is 2. The summed E-state index contributed by atoms with van der Waals surface area (Å²) in [7, 11) is 0. The van der Waals surface area contributed by atoms with Crippen LogP contribution in [0.5, 0.6) is 11.5 Å². The Labute approximate surface area is 225 Å². The molecular formula is C27H36O12. The minimum Gasteiger partial charge on any atom is -0.462 e. The quantitative estimate of drug-likeness (QED) is 0.173. The second-order valence-electron chi connectivity index (χ2n) is 9.79. The van der Waals surface area contributed by atoms with Gasteiger partial charge in [-0.25, -0.2) is 0 Å². The zero-order chi connectivity index (χ0) is 28.3. The molecule has 2 aromatic rings. The van der Waals surface area contributed by atoms with Gasteiger partial charge in [0.2, 0.25) is 12.6 Å². The van der Waals surface area contributed by atoms with E-state index in [1.807, 2.05) is 30.3 Å². The molecule has 216 valence electrons. The Kier molecular flexibility index (Phi) is 9.78. The van der Waals surface area contributed by atoms with Gasteiger partial charge in [-0.05, 0) is 37.0 Å². The Morgan fingerprint density at radius 1 is 0.641 bits per heavy atom. The first-order valence-electron chi connectivity index (χ1n) is 12.8. The Balaban J connectivity index is 1.63. The van der Waals surface area contributed by atoms with E-state index in [9.17, 15) is 40.9 Å². The van der Waals surface area contributed by atoms with Crippen molar-refractivity contribution in [2.24, 2.45) is 0 Å². The first kappa shape index (κ1) is 29.6. The fourth-order valence-corrected chi connectivity index (χ4v) is 4.71. The van der Waals surface area contributed by atoms with Crippen LogP contribution in [0.15, 0.2) is 42.5 Å². The highest BCUT2D eigenvalue weighted by Gasteiger charge is 2.46. The van der Waals surface area contributed by atoms with Crippen LogP contribution in [0.2, 0.25) is 0 Å². The second kappa shape index (κ2) is 12.9. The number of aliphatic hydroxyl groups excluding tert-OH is 8. The Bertz CT molecular complexity index is 1060. The van der Waals surface area contributed by atoms with Crippen molar-refractivity contribution < 1.29 is 59.8 Å². The molecule has 0 radical (unpaired) electrons. The molecule has 0 aromatic heterocycles. The predicted octanol–water partition coefficient (Wildman–Crippen LogP) is -1.86. The van der Waals surface area contributed by atoms with Gasteiger partial charge in [0, 0.05) is 5.56 Å². The number of hydrogen-bond donors (Lipinski definition) is 8. The summed E-state index contributed by atoms with van der Waals surface area (Å²) in [6.07, 6.45) is -13.7. The summed E-state index contributed by atoms with van der Waals surface area (Å²) in [5.41, 5.74) is 2.15. The van der Waals surface area contributed by atoms with Crippen molar-refractivity contribution >= 4 is 0 Å². The highest BCUT2D eigenvalue weighted by Crippen LogP contribution is 2.37. The lowest BCUT2D eigenvalue weighted by Gasteiger charge is -2.40. The maximum absolute atomic E-state index is 10.5. The average Bonchev–Trinajstić information content (AvgIpc) is 2.95. The van der Waals surface area contributed by atoms with Gasteiger partial charge < -0.3 is 59.8 Å². The van der Waals surface area contributed by atoms with Crippen molar-refractivity contribution in [3.8, 4) is 11.5 Å². The molecule has 8 N–H and O–H groups in total. The predicted molar refractivity (Wildman–Crippen MR) is 134 cm³/mol. The van der Waals surface area contributed by atoms with Crippen molar-refractivity contribution in [3.05, 3.63) is 59.2 Å². The molecule has 0 bridgehead atoms. The molecule has 2 aromatic carbocycles. The molecule has 2 aliphatic heterocycles. The third-order valence-corrected chi connectivity index (χ3v) is 7.14. The van der Waals surface area contributed by atoms with Crippen molar-refractivity contribution in [3.63, 3.8) is 0 Å². The fraction of sp³-hybridized carbons (Fsp3) is 0.556. The van der Waals surface area contributed by atoms with Crippen molar-refractivity contribution in [2.45, 2.75) is 81.2 Å². The molecule has 12 heteroatoms. The zero-order valence-electron chi connectivity index (χ0n) is 21.4. The first-order valence-corrected chi connectivity index (χ1v) is 12.8. The topological polar surface area (TPSA) is 199 Å². The monoisotopic (exact) mass is 552 g/mol. The third kappa shape index (κ3) is 6.36. The highest BCUT2D eigenvalue weighted by molar-refractivity contribution is 5.50. The van der Waals surface area contributed by atoms with Crippen LogP contribution in [0.4, 0.5) is 0 Å². The molecule has 0 saturated carbocycles. The number of hydrogen-bond acceptors (Lipinski definition) is 12. The summed E-state index contributed by atoms with van der Waals surface area (Å²) in [5.74, 6) is 0.403. The zero-order valence-corrected chi connectivity index (χ0v) is 21.4. The van der Waals surface area contributed by atoms with Gasteiger partial charge in [-0.1, -0.05) is 36.4 Å². The fourth-order valence-electron chi connectivity index (χ4n) is 4.71. The lowest BCUT2D eigenvalue weighted by Crippen LogP contribution is -2.60. The van der Waals surface area contributed by atoms with Gasteiger partial charge >= 0.3 is 0 Å². The van der Waals surface area contributed by atoms with E-state index in [0.717, 1.165) is 5.56 Å². The molecule has 4 rings (SSSR count). The molecule has 10 atom stereocenters. The molecule has 39 heavy (non-hydrogen) atoms. The van der Waals surface area contributed by atoms with Crippen LogP contribution < -0.4 is 9.47 Å². The van der Waals surface area contributed by atoms with E-state index in [2.05, 4.69) is 0 Å². The van der Waals surface area contributed by atoms with E-state index in [1.165, 1.54) is 0 Å². The number of aliphatic hydroxyl groups is 8. The number of rotatable bonds is 9. The van der Waals surface area contributed by atoms with E-state index in [4.69, 9.17) is 18.9 Å². The van der Waals surface area contributed by atoms with Crippen LogP contribution in [0.3, 0.4) is 0 Å². The SMILES string of the molecule is Cc1c(O[C@@H]2O[C@H](CO)[C@@H](O)[C@H](O)[C@H]2O)ccc(CCc2ccccc2)c1O[C@@H]1O[C@H](CO)[C@@H](O)[C@H](O)[C@H]1O. The van der Waals surface area contributed by atoms with Crippen LogP contribution in [0.1, 0.15) is 16.7 Å². The van der Waals surface area contributed by atoms with Crippen molar-refractivity contribution in [1.29, 1.82) is 0 Å². The van der Waals surface area contributed by atoms with Crippen molar-refractivity contribution in [2.75, 3.05) is 13.2 Å². The first-order chi connectivity index (χ1) is 18.7. The standard InChI is InChI=1S/C27H36O12/c1-13-16(36-26-23(34)21(32)19(30)17(11-28)37-26)10-9-15(8-7-14-5-3-2-4-6-14)25(13)39-27-24(35)22(33)20(31)18(12-29)38-27/h2-6,9-10,17-24,26-35H,7-8,11-12H2,1H3/t17-,18-,19-,20-,21+,22+,23-,24-,26-,27+/m1/s1. The molecule has 0 spiro atoms. The Morgan fingerprint density at radius 2 is 1.18 bits per heavy atom. The molecule has 0 aliphatic carbocycles. The summed E-state index contributed by atoms with van der Waals surface area (Å²) in [6, 6.07) is 13.0. The van der Waals surface area contributed by atoms with Crippen LogP contribution in [0, 0.1) is 6.92 Å². The van der Waals surface area contributed by atoms with Gasteiger partial charge in [0.25, 0.3) is 0 Å². The van der Waals surface area contributed by atoms with Crippen LogP contribution in [-0.2, 0) is 22.3 Å². The molecule has 2 fully saturated rings. The van der Waals surface area contributed by atoms with Gasteiger partial charge in [-0.3, -0.25) is 0 Å². The van der Waals surface area contributed by atoms with Crippen LogP contribution in [0.25, 0.3) is 0 Å². The van der Waals surface area contributed by atoms with Crippen LogP contribution in [-0.4, -0.2) is 115 Å². The average molecular weight is 553 g/mol. The summed E-state index contributed by atoms with van der Waals surface area (Å²) in [4.78, 5) is 0. The van der Waals surface area contributed by atoms with Gasteiger partial charge in [-0.2, -0.15) is 0 Å². The summed E-state index contributed by atoms with van der Waals surface area (Å²) in [5, 5.41) is 80.5. The van der Waals surface area contributed by atoms with Crippen LogP contribution >= 0.6 is 0 Å². The van der Waals surface area contributed by atoms with E-state index < -0.39 is 74.6 Å². The molecule has 2 heterocycles. The van der Waals surface area contributed by atoms with Gasteiger partial charge in [0.05, 0.1) is 13.2 Å². The minimum absolute atomic E-state index is 0.169. The lowest BCUT2D eigenvalue weighted by molar-refractivity contribution is -0.279. The number of ether oxygens (including phenoxy) is 4. The summed E-state index contributed by atoms with van der Waals surface area (Å²) >= 11 is 0. The Morgan fingerprint density at radius 3 is 1.72 bits per heavy atom.